The number of aryl methyl sites for hydroxylation is 2. The van der Waals surface area contributed by atoms with E-state index in [-0.39, 0.29) is 10.7 Å². The van der Waals surface area contributed by atoms with E-state index >= 15 is 0 Å². The summed E-state index contributed by atoms with van der Waals surface area (Å²) in [7, 11) is -3.90. The van der Waals surface area contributed by atoms with Crippen LogP contribution in [0.4, 0.5) is 11.5 Å². The van der Waals surface area contributed by atoms with Crippen molar-refractivity contribution >= 4 is 33.3 Å². The molecule has 3 aromatic rings. The van der Waals surface area contributed by atoms with Gasteiger partial charge in [-0.15, -0.1) is 0 Å². The number of carbonyl (C=O) groups is 2. The van der Waals surface area contributed by atoms with Crippen molar-refractivity contribution in [2.75, 3.05) is 9.62 Å². The van der Waals surface area contributed by atoms with Crippen LogP contribution in [0.5, 0.6) is 0 Å². The third-order valence-corrected chi connectivity index (χ3v) is 5.77. The Bertz CT molecular complexity index is 1200. The molecule has 1 aromatic heterocycles. The summed E-state index contributed by atoms with van der Waals surface area (Å²) in [6, 6.07) is 13.6. The van der Waals surface area contributed by atoms with Crippen molar-refractivity contribution in [3.63, 3.8) is 0 Å². The Kier molecular flexibility index (Phi) is 4.39. The number of carbonyl (C=O) groups excluding carboxylic acids is 2. The number of nitrogens with zero attached hydrogens (tertiary/aromatic N) is 3. The maximum atomic E-state index is 12.6. The first-order valence-corrected chi connectivity index (χ1v) is 10.2. The second-order valence-corrected chi connectivity index (χ2v) is 8.21. The Balaban J connectivity index is 1.61. The van der Waals surface area contributed by atoms with E-state index in [1.54, 1.807) is 38.1 Å². The van der Waals surface area contributed by atoms with E-state index in [1.807, 2.05) is 0 Å². The Labute approximate surface area is 167 Å². The van der Waals surface area contributed by atoms with E-state index in [0.29, 0.717) is 28.3 Å². The number of benzene rings is 2. The minimum Gasteiger partial charge on any atom is -0.268 e. The molecular formula is C20H16N4O4S. The summed E-state index contributed by atoms with van der Waals surface area (Å²) in [5, 5.41) is 0. The number of aromatic nitrogens is 2. The molecule has 0 bridgehead atoms. The predicted octanol–water partition coefficient (Wildman–Crippen LogP) is 2.69. The van der Waals surface area contributed by atoms with Crippen molar-refractivity contribution in [1.29, 1.82) is 0 Å². The van der Waals surface area contributed by atoms with Crippen LogP contribution in [0.3, 0.4) is 0 Å². The van der Waals surface area contributed by atoms with Crippen LogP contribution in [0, 0.1) is 13.8 Å². The highest BCUT2D eigenvalue weighted by Gasteiger charge is 2.36. The summed E-state index contributed by atoms with van der Waals surface area (Å²) < 4.78 is 27.7. The van der Waals surface area contributed by atoms with Crippen LogP contribution < -0.4 is 9.62 Å². The van der Waals surface area contributed by atoms with E-state index < -0.39 is 21.8 Å². The second-order valence-electron chi connectivity index (χ2n) is 6.53. The summed E-state index contributed by atoms with van der Waals surface area (Å²) in [5.41, 5.74) is 1.58. The molecule has 0 atom stereocenters. The normalized spacial score (nSPS) is 13.5. The molecule has 0 radical (unpaired) electrons. The fourth-order valence-corrected chi connectivity index (χ4v) is 4.16. The van der Waals surface area contributed by atoms with Crippen molar-refractivity contribution < 1.29 is 18.0 Å². The molecule has 4 rings (SSSR count). The number of amides is 2. The van der Waals surface area contributed by atoms with Gasteiger partial charge in [-0.25, -0.2) is 23.3 Å². The van der Waals surface area contributed by atoms with Gasteiger partial charge in [-0.05, 0) is 50.2 Å². The first kappa shape index (κ1) is 18.8. The van der Waals surface area contributed by atoms with Crippen LogP contribution in [-0.4, -0.2) is 30.2 Å². The molecular weight excluding hydrogens is 392 g/mol. The number of rotatable bonds is 4. The van der Waals surface area contributed by atoms with Gasteiger partial charge in [0.2, 0.25) is 0 Å². The van der Waals surface area contributed by atoms with Crippen molar-refractivity contribution in [1.82, 2.24) is 9.97 Å². The molecule has 9 heteroatoms. The molecule has 29 heavy (non-hydrogen) atoms. The topological polar surface area (TPSA) is 109 Å². The molecule has 2 heterocycles. The van der Waals surface area contributed by atoms with Crippen LogP contribution in [0.2, 0.25) is 0 Å². The number of imide groups is 1. The Morgan fingerprint density at radius 1 is 0.862 bits per heavy atom. The highest BCUT2D eigenvalue weighted by Crippen LogP contribution is 2.29. The average Bonchev–Trinajstić information content (AvgIpc) is 2.92. The van der Waals surface area contributed by atoms with E-state index in [4.69, 9.17) is 0 Å². The van der Waals surface area contributed by atoms with E-state index in [2.05, 4.69) is 14.7 Å². The van der Waals surface area contributed by atoms with Gasteiger partial charge in [-0.2, -0.15) is 0 Å². The Morgan fingerprint density at radius 2 is 1.45 bits per heavy atom. The summed E-state index contributed by atoms with van der Waals surface area (Å²) in [6.07, 6.45) is 0. The second kappa shape index (κ2) is 6.78. The molecule has 8 nitrogen and oxygen atoms in total. The van der Waals surface area contributed by atoms with Gasteiger partial charge < -0.3 is 0 Å². The summed E-state index contributed by atoms with van der Waals surface area (Å²) in [5.74, 6) is -0.263. The van der Waals surface area contributed by atoms with Crippen molar-refractivity contribution in [2.45, 2.75) is 18.7 Å². The molecule has 0 spiro atoms. The largest absolute Gasteiger partial charge is 0.268 e. The maximum absolute atomic E-state index is 12.6. The lowest BCUT2D eigenvalue weighted by Crippen LogP contribution is -2.29. The minimum atomic E-state index is -3.90. The van der Waals surface area contributed by atoms with Crippen LogP contribution >= 0.6 is 0 Å². The van der Waals surface area contributed by atoms with E-state index in [9.17, 15) is 18.0 Å². The van der Waals surface area contributed by atoms with Gasteiger partial charge in [0.05, 0.1) is 21.7 Å². The number of anilines is 2. The number of sulfonamides is 1. The molecule has 0 saturated carbocycles. The average molecular weight is 408 g/mol. The highest BCUT2D eigenvalue weighted by molar-refractivity contribution is 7.92. The zero-order valence-electron chi connectivity index (χ0n) is 15.6. The summed E-state index contributed by atoms with van der Waals surface area (Å²) >= 11 is 0. The number of fused-ring (bicyclic) bond motifs is 1. The van der Waals surface area contributed by atoms with Crippen LogP contribution in [0.15, 0.2) is 59.5 Å². The first-order chi connectivity index (χ1) is 13.8. The van der Waals surface area contributed by atoms with Crippen molar-refractivity contribution in [3.8, 4) is 0 Å². The quantitative estimate of drug-likeness (QED) is 0.665. The maximum Gasteiger partial charge on any atom is 0.266 e. The fourth-order valence-electron chi connectivity index (χ4n) is 3.16. The third kappa shape index (κ3) is 3.36. The van der Waals surface area contributed by atoms with Gasteiger partial charge in [0, 0.05) is 11.8 Å². The lowest BCUT2D eigenvalue weighted by Gasteiger charge is -2.15. The molecule has 1 N–H and O–H groups in total. The van der Waals surface area contributed by atoms with Gasteiger partial charge in [-0.1, -0.05) is 12.1 Å². The molecule has 0 saturated heterocycles. The number of hydrogen-bond donors (Lipinski definition) is 1. The predicted molar refractivity (Wildman–Crippen MR) is 106 cm³/mol. The van der Waals surface area contributed by atoms with Crippen molar-refractivity contribution in [2.24, 2.45) is 0 Å². The molecule has 1 aliphatic heterocycles. The lowest BCUT2D eigenvalue weighted by atomic mass is 10.1. The van der Waals surface area contributed by atoms with Crippen LogP contribution in [0.25, 0.3) is 0 Å². The zero-order chi connectivity index (χ0) is 20.8. The van der Waals surface area contributed by atoms with Gasteiger partial charge >= 0.3 is 0 Å². The molecule has 146 valence electrons. The Hall–Kier alpha value is -3.59. The molecule has 2 aromatic carbocycles. The smallest absolute Gasteiger partial charge is 0.266 e. The standard InChI is InChI=1S/C20H16N4O4S/c1-12-11-18(22-13(2)21-12)23-29(27,28)15-9-7-14(8-10-15)24-19(25)16-5-3-4-6-17(16)20(24)26/h3-11H,1-2H3,(H,21,22,23). The van der Waals surface area contributed by atoms with Gasteiger partial charge in [0.15, 0.2) is 0 Å². The van der Waals surface area contributed by atoms with Crippen LogP contribution in [-0.2, 0) is 10.0 Å². The minimum absolute atomic E-state index is 0.0215. The third-order valence-electron chi connectivity index (χ3n) is 4.40. The number of hydrogen-bond acceptors (Lipinski definition) is 6. The van der Waals surface area contributed by atoms with Gasteiger partial charge in [0.1, 0.15) is 11.6 Å². The SMILES string of the molecule is Cc1cc(NS(=O)(=O)c2ccc(N3C(=O)c4ccccc4C3=O)cc2)nc(C)n1. The lowest BCUT2D eigenvalue weighted by molar-refractivity contribution is 0.0926. The first-order valence-electron chi connectivity index (χ1n) is 8.69. The highest BCUT2D eigenvalue weighted by atomic mass is 32.2. The fraction of sp³-hybridized carbons (Fsp3) is 0.100. The molecule has 0 aliphatic carbocycles. The molecule has 0 fully saturated rings. The molecule has 0 unspecified atom stereocenters. The van der Waals surface area contributed by atoms with E-state index in [0.717, 1.165) is 4.90 Å². The van der Waals surface area contributed by atoms with Crippen molar-refractivity contribution in [3.05, 3.63) is 77.2 Å². The zero-order valence-corrected chi connectivity index (χ0v) is 16.4. The van der Waals surface area contributed by atoms with Crippen LogP contribution in [0.1, 0.15) is 32.2 Å². The summed E-state index contributed by atoms with van der Waals surface area (Å²) in [4.78, 5) is 34.3. The number of nitrogens with one attached hydrogen (secondary N) is 1. The summed E-state index contributed by atoms with van der Waals surface area (Å²) in [6.45, 7) is 3.41. The molecule has 1 aliphatic rings. The monoisotopic (exact) mass is 408 g/mol. The molecule has 2 amide bonds. The van der Waals surface area contributed by atoms with E-state index in [1.165, 1.54) is 30.3 Å². The van der Waals surface area contributed by atoms with Gasteiger partial charge in [0.25, 0.3) is 21.8 Å². The Morgan fingerprint density at radius 3 is 2.00 bits per heavy atom. The van der Waals surface area contributed by atoms with Gasteiger partial charge in [-0.3, -0.25) is 14.3 Å².